The summed E-state index contributed by atoms with van der Waals surface area (Å²) >= 11 is 0. The number of methoxy groups -OCH3 is 1. The molecule has 142 valence electrons. The molecule has 0 spiro atoms. The third kappa shape index (κ3) is 4.44. The van der Waals surface area contributed by atoms with Crippen molar-refractivity contribution in [3.63, 3.8) is 0 Å². The minimum atomic E-state index is 0.848. The van der Waals surface area contributed by atoms with Crippen molar-refractivity contribution in [3.05, 3.63) is 108 Å². The molecule has 4 aromatic rings. The van der Waals surface area contributed by atoms with Crippen molar-refractivity contribution in [1.82, 2.24) is 0 Å². The first-order valence-corrected chi connectivity index (χ1v) is 9.65. The molecular formula is C27H23O2+. The van der Waals surface area contributed by atoms with Gasteiger partial charge in [0.25, 0.3) is 0 Å². The Bertz CT molecular complexity index is 1050. The van der Waals surface area contributed by atoms with E-state index >= 15 is 0 Å². The summed E-state index contributed by atoms with van der Waals surface area (Å²) in [6, 6.07) is 32.8. The predicted molar refractivity (Wildman–Crippen MR) is 121 cm³/mol. The van der Waals surface area contributed by atoms with Crippen LogP contribution in [-0.2, 0) is 0 Å². The van der Waals surface area contributed by atoms with Gasteiger partial charge in [-0.3, -0.25) is 0 Å². The van der Waals surface area contributed by atoms with Crippen LogP contribution in [-0.4, -0.2) is 7.11 Å². The Morgan fingerprint density at radius 2 is 1.34 bits per heavy atom. The summed E-state index contributed by atoms with van der Waals surface area (Å²) in [6.45, 7) is 2.08. The molecule has 2 heteroatoms. The summed E-state index contributed by atoms with van der Waals surface area (Å²) in [7, 11) is 1.68. The van der Waals surface area contributed by atoms with Crippen LogP contribution < -0.4 is 4.74 Å². The van der Waals surface area contributed by atoms with Crippen LogP contribution >= 0.6 is 0 Å². The molecule has 0 aliphatic heterocycles. The molecule has 1 aromatic heterocycles. The smallest absolute Gasteiger partial charge is 0.361 e. The summed E-state index contributed by atoms with van der Waals surface area (Å²) in [4.78, 5) is 0. The first kappa shape index (κ1) is 18.7. The van der Waals surface area contributed by atoms with Gasteiger partial charge in [0.1, 0.15) is 5.75 Å². The van der Waals surface area contributed by atoms with E-state index in [2.05, 4.69) is 61.5 Å². The van der Waals surface area contributed by atoms with Gasteiger partial charge in [-0.15, -0.1) is 0 Å². The van der Waals surface area contributed by atoms with Crippen LogP contribution in [0.5, 0.6) is 5.75 Å². The second-order valence-electron chi connectivity index (χ2n) is 6.91. The highest BCUT2D eigenvalue weighted by atomic mass is 16.5. The highest BCUT2D eigenvalue weighted by Crippen LogP contribution is 2.31. The van der Waals surface area contributed by atoms with Crippen LogP contribution in [0.15, 0.2) is 101 Å². The van der Waals surface area contributed by atoms with Gasteiger partial charge in [0.05, 0.1) is 30.4 Å². The van der Waals surface area contributed by atoms with Crippen molar-refractivity contribution in [2.75, 3.05) is 7.11 Å². The van der Waals surface area contributed by atoms with E-state index in [0.29, 0.717) is 0 Å². The van der Waals surface area contributed by atoms with Crippen molar-refractivity contribution in [3.8, 4) is 28.2 Å². The summed E-state index contributed by atoms with van der Waals surface area (Å²) in [5.74, 6) is 2.55. The predicted octanol–water partition coefficient (Wildman–Crippen LogP) is 7.46. The average molecular weight is 379 g/mol. The standard InChI is InChI=1S/C27H23O2/c1-20(17-21-13-15-25(28-2)16-14-21)26-18-24(22-9-5-3-6-10-22)19-27(29-26)23-11-7-4-8-12-23/h3-19H,1-2H3/q+1. The van der Waals surface area contributed by atoms with Crippen molar-refractivity contribution in [2.24, 2.45) is 0 Å². The van der Waals surface area contributed by atoms with Crippen molar-refractivity contribution >= 4 is 11.6 Å². The van der Waals surface area contributed by atoms with Gasteiger partial charge in [-0.25, -0.2) is 4.42 Å². The molecule has 3 aromatic carbocycles. The minimum absolute atomic E-state index is 0.848. The molecule has 0 radical (unpaired) electrons. The fraction of sp³-hybridized carbons (Fsp3) is 0.0741. The van der Waals surface area contributed by atoms with Crippen LogP contribution in [0.25, 0.3) is 34.1 Å². The molecule has 0 amide bonds. The molecule has 0 aliphatic carbocycles. The normalized spacial score (nSPS) is 11.3. The molecular weight excluding hydrogens is 356 g/mol. The van der Waals surface area contributed by atoms with Crippen LogP contribution in [0.3, 0.4) is 0 Å². The first-order chi connectivity index (χ1) is 14.2. The van der Waals surface area contributed by atoms with Gasteiger partial charge < -0.3 is 4.74 Å². The maximum Gasteiger partial charge on any atom is 0.361 e. The van der Waals surface area contributed by atoms with E-state index in [0.717, 1.165) is 39.5 Å². The summed E-state index contributed by atoms with van der Waals surface area (Å²) in [5, 5.41) is 0. The molecule has 4 rings (SSSR count). The lowest BCUT2D eigenvalue weighted by Gasteiger charge is -2.03. The van der Waals surface area contributed by atoms with Gasteiger partial charge in [-0.05, 0) is 48.4 Å². The first-order valence-electron chi connectivity index (χ1n) is 9.65. The number of hydrogen-bond donors (Lipinski definition) is 0. The minimum Gasteiger partial charge on any atom is -0.497 e. The summed E-state index contributed by atoms with van der Waals surface area (Å²) < 4.78 is 11.6. The lowest BCUT2D eigenvalue weighted by atomic mass is 10.0. The number of allylic oxidation sites excluding steroid dienone is 1. The van der Waals surface area contributed by atoms with E-state index in [9.17, 15) is 0 Å². The molecule has 0 saturated carbocycles. The zero-order valence-corrected chi connectivity index (χ0v) is 16.6. The fourth-order valence-electron chi connectivity index (χ4n) is 3.26. The average Bonchev–Trinajstić information content (AvgIpc) is 2.80. The van der Waals surface area contributed by atoms with Crippen molar-refractivity contribution < 1.29 is 9.15 Å². The SMILES string of the molecule is COc1ccc(C=C(C)c2cc(-c3ccccc3)cc(-c3ccccc3)[o+]2)cc1. The topological polar surface area (TPSA) is 20.5 Å². The van der Waals surface area contributed by atoms with Crippen molar-refractivity contribution in [1.29, 1.82) is 0 Å². The second-order valence-corrected chi connectivity index (χ2v) is 6.91. The Morgan fingerprint density at radius 3 is 1.97 bits per heavy atom. The zero-order valence-electron chi connectivity index (χ0n) is 16.6. The maximum absolute atomic E-state index is 6.31. The van der Waals surface area contributed by atoms with Gasteiger partial charge in [-0.1, -0.05) is 60.7 Å². The molecule has 0 saturated heterocycles. The van der Waals surface area contributed by atoms with E-state index in [4.69, 9.17) is 9.15 Å². The highest BCUT2D eigenvalue weighted by molar-refractivity contribution is 5.81. The summed E-state index contributed by atoms with van der Waals surface area (Å²) in [6.07, 6.45) is 2.13. The van der Waals surface area contributed by atoms with E-state index in [1.165, 1.54) is 5.56 Å². The van der Waals surface area contributed by atoms with Crippen LogP contribution in [0.4, 0.5) is 0 Å². The Morgan fingerprint density at radius 1 is 0.724 bits per heavy atom. The molecule has 1 heterocycles. The van der Waals surface area contributed by atoms with Gasteiger partial charge >= 0.3 is 11.5 Å². The third-order valence-corrected chi connectivity index (χ3v) is 4.85. The van der Waals surface area contributed by atoms with Crippen LogP contribution in [0, 0.1) is 0 Å². The lowest BCUT2D eigenvalue weighted by Crippen LogP contribution is -1.88. The third-order valence-electron chi connectivity index (χ3n) is 4.85. The Hall–Kier alpha value is -3.65. The number of hydrogen-bond acceptors (Lipinski definition) is 1. The molecule has 0 atom stereocenters. The van der Waals surface area contributed by atoms with E-state index < -0.39 is 0 Å². The van der Waals surface area contributed by atoms with Crippen molar-refractivity contribution in [2.45, 2.75) is 6.92 Å². The van der Waals surface area contributed by atoms with E-state index in [1.54, 1.807) is 7.11 Å². The maximum atomic E-state index is 6.31. The largest absolute Gasteiger partial charge is 0.497 e. The molecule has 0 aliphatic rings. The lowest BCUT2D eigenvalue weighted by molar-refractivity contribution is 0.415. The molecule has 2 nitrogen and oxygen atoms in total. The van der Waals surface area contributed by atoms with Gasteiger partial charge in [0, 0.05) is 5.56 Å². The number of ether oxygens (including phenoxy) is 1. The number of rotatable bonds is 5. The Kier molecular flexibility index (Phi) is 5.53. The molecule has 29 heavy (non-hydrogen) atoms. The Labute approximate surface area is 171 Å². The monoisotopic (exact) mass is 379 g/mol. The molecule has 0 N–H and O–H groups in total. The van der Waals surface area contributed by atoms with E-state index in [1.807, 2.05) is 48.5 Å². The number of benzene rings is 3. The molecule has 0 fully saturated rings. The molecule has 0 bridgehead atoms. The van der Waals surface area contributed by atoms with E-state index in [-0.39, 0.29) is 0 Å². The van der Waals surface area contributed by atoms with Crippen LogP contribution in [0.2, 0.25) is 0 Å². The second kappa shape index (κ2) is 8.57. The Balaban J connectivity index is 1.80. The van der Waals surface area contributed by atoms with Gasteiger partial charge in [-0.2, -0.15) is 0 Å². The highest BCUT2D eigenvalue weighted by Gasteiger charge is 2.20. The van der Waals surface area contributed by atoms with Crippen LogP contribution in [0.1, 0.15) is 18.2 Å². The molecule has 0 unspecified atom stereocenters. The quantitative estimate of drug-likeness (QED) is 0.335. The van der Waals surface area contributed by atoms with Gasteiger partial charge in [0.2, 0.25) is 0 Å². The summed E-state index contributed by atoms with van der Waals surface area (Å²) in [5.41, 5.74) is 5.52. The fourth-order valence-corrected chi connectivity index (χ4v) is 3.26. The zero-order chi connectivity index (χ0) is 20.1. The van der Waals surface area contributed by atoms with Gasteiger partial charge in [0.15, 0.2) is 0 Å².